The number of hydrogen-bond acceptors (Lipinski definition) is 5. The van der Waals surface area contributed by atoms with Crippen LogP contribution < -0.4 is 5.32 Å². The lowest BCUT2D eigenvalue weighted by atomic mass is 10.1. The number of amides is 1. The molecule has 17 heavy (non-hydrogen) atoms. The molecule has 6 heteroatoms. The first-order valence-electron chi connectivity index (χ1n) is 5.64. The van der Waals surface area contributed by atoms with Gasteiger partial charge in [0.05, 0.1) is 12.4 Å². The van der Waals surface area contributed by atoms with Gasteiger partial charge in [-0.3, -0.25) is 9.78 Å². The molecule has 0 spiro atoms. The number of carbonyl (C=O) groups excluding carboxylic acids is 1. The Morgan fingerprint density at radius 3 is 3.12 bits per heavy atom. The molecule has 0 saturated carbocycles. The van der Waals surface area contributed by atoms with Gasteiger partial charge < -0.3 is 15.3 Å². The summed E-state index contributed by atoms with van der Waals surface area (Å²) in [6, 6.07) is 0. The summed E-state index contributed by atoms with van der Waals surface area (Å²) in [5, 5.41) is 11.9. The second-order valence-corrected chi connectivity index (χ2v) is 4.13. The predicted molar refractivity (Wildman–Crippen MR) is 62.7 cm³/mol. The minimum atomic E-state index is -0.120. The van der Waals surface area contributed by atoms with E-state index >= 15 is 0 Å². The zero-order valence-electron chi connectivity index (χ0n) is 9.76. The van der Waals surface area contributed by atoms with E-state index in [9.17, 15) is 4.79 Å². The third-order valence-electron chi connectivity index (χ3n) is 2.94. The van der Waals surface area contributed by atoms with Crippen LogP contribution in [-0.4, -0.2) is 52.6 Å². The van der Waals surface area contributed by atoms with Crippen LogP contribution in [-0.2, 0) is 0 Å². The molecule has 1 aromatic rings. The Morgan fingerprint density at radius 2 is 2.47 bits per heavy atom. The second kappa shape index (κ2) is 5.09. The highest BCUT2D eigenvalue weighted by Crippen LogP contribution is 2.17. The summed E-state index contributed by atoms with van der Waals surface area (Å²) in [6.45, 7) is 1.41. The lowest BCUT2D eigenvalue weighted by Gasteiger charge is -2.15. The molecule has 92 valence electrons. The van der Waals surface area contributed by atoms with Crippen LogP contribution in [0, 0.1) is 5.92 Å². The topological polar surface area (TPSA) is 78.4 Å². The molecule has 6 nitrogen and oxygen atoms in total. The maximum absolute atomic E-state index is 12.1. The molecule has 1 unspecified atom stereocenters. The third kappa shape index (κ3) is 2.52. The maximum atomic E-state index is 12.1. The average Bonchev–Trinajstić information content (AvgIpc) is 2.86. The van der Waals surface area contributed by atoms with Crippen LogP contribution in [0.4, 0.5) is 5.82 Å². The molecular formula is C11H16N4O2. The number of likely N-dealkylation sites (tertiary alicyclic amines) is 1. The maximum Gasteiger partial charge on any atom is 0.274 e. The SMILES string of the molecule is CNc1cncc(C(=O)N2CCC(CO)C2)n1. The van der Waals surface area contributed by atoms with Gasteiger partial charge in [0.2, 0.25) is 0 Å². The smallest absolute Gasteiger partial charge is 0.274 e. The fourth-order valence-corrected chi connectivity index (χ4v) is 1.92. The normalized spacial score (nSPS) is 19.4. The van der Waals surface area contributed by atoms with Gasteiger partial charge in [-0.25, -0.2) is 4.98 Å². The van der Waals surface area contributed by atoms with Crippen molar-refractivity contribution >= 4 is 11.7 Å². The highest BCUT2D eigenvalue weighted by atomic mass is 16.3. The van der Waals surface area contributed by atoms with Crippen molar-refractivity contribution in [2.45, 2.75) is 6.42 Å². The molecule has 1 atom stereocenters. The van der Waals surface area contributed by atoms with Gasteiger partial charge in [-0.2, -0.15) is 0 Å². The van der Waals surface area contributed by atoms with E-state index in [1.165, 1.54) is 6.20 Å². The summed E-state index contributed by atoms with van der Waals surface area (Å²) in [5.74, 6) is 0.652. The predicted octanol–water partition coefficient (Wildman–Crippen LogP) is -0.0273. The Balaban J connectivity index is 2.09. The minimum absolute atomic E-state index is 0.120. The standard InChI is InChI=1S/C11H16N4O2/c1-12-10-5-13-4-9(14-10)11(17)15-3-2-8(6-15)7-16/h4-5,8,16H,2-3,6-7H2,1H3,(H,12,14). The molecule has 2 heterocycles. The number of aromatic nitrogens is 2. The number of rotatable bonds is 3. The summed E-state index contributed by atoms with van der Waals surface area (Å²) in [6.07, 6.45) is 3.88. The summed E-state index contributed by atoms with van der Waals surface area (Å²) >= 11 is 0. The fourth-order valence-electron chi connectivity index (χ4n) is 1.92. The van der Waals surface area contributed by atoms with Gasteiger partial charge in [-0.1, -0.05) is 0 Å². The Hall–Kier alpha value is -1.69. The number of aliphatic hydroxyl groups is 1. The quantitative estimate of drug-likeness (QED) is 0.770. The van der Waals surface area contributed by atoms with Crippen LogP contribution in [0.1, 0.15) is 16.9 Å². The van der Waals surface area contributed by atoms with Gasteiger partial charge in [-0.15, -0.1) is 0 Å². The van der Waals surface area contributed by atoms with E-state index in [-0.39, 0.29) is 18.4 Å². The molecule has 0 aromatic carbocycles. The lowest BCUT2D eigenvalue weighted by molar-refractivity contribution is 0.0775. The fraction of sp³-hybridized carbons (Fsp3) is 0.545. The molecule has 1 aliphatic rings. The van der Waals surface area contributed by atoms with Crippen molar-refractivity contribution in [3.05, 3.63) is 18.1 Å². The zero-order chi connectivity index (χ0) is 12.3. The number of anilines is 1. The summed E-state index contributed by atoms with van der Waals surface area (Å²) < 4.78 is 0. The van der Waals surface area contributed by atoms with Crippen molar-refractivity contribution in [2.24, 2.45) is 5.92 Å². The van der Waals surface area contributed by atoms with Gasteiger partial charge in [-0.05, 0) is 6.42 Å². The second-order valence-electron chi connectivity index (χ2n) is 4.13. The summed E-state index contributed by atoms with van der Waals surface area (Å²) in [4.78, 5) is 21.9. The van der Waals surface area contributed by atoms with E-state index in [1.807, 2.05) is 0 Å². The molecule has 1 aromatic heterocycles. The van der Waals surface area contributed by atoms with E-state index in [2.05, 4.69) is 15.3 Å². The first-order valence-corrected chi connectivity index (χ1v) is 5.64. The third-order valence-corrected chi connectivity index (χ3v) is 2.94. The molecule has 1 saturated heterocycles. The molecule has 0 aliphatic carbocycles. The number of aliphatic hydroxyl groups excluding tert-OH is 1. The first kappa shape index (κ1) is 11.8. The Kier molecular flexibility index (Phi) is 3.53. The van der Waals surface area contributed by atoms with Crippen molar-refractivity contribution in [1.82, 2.24) is 14.9 Å². The minimum Gasteiger partial charge on any atom is -0.396 e. The number of hydrogen-bond donors (Lipinski definition) is 2. The van der Waals surface area contributed by atoms with Crippen LogP contribution in [0.5, 0.6) is 0 Å². The van der Waals surface area contributed by atoms with E-state index in [0.29, 0.717) is 24.6 Å². The zero-order valence-corrected chi connectivity index (χ0v) is 9.76. The van der Waals surface area contributed by atoms with Gasteiger partial charge in [0.1, 0.15) is 11.5 Å². The van der Waals surface area contributed by atoms with Crippen molar-refractivity contribution in [2.75, 3.05) is 32.1 Å². The Morgan fingerprint density at radius 1 is 1.65 bits per heavy atom. The molecular weight excluding hydrogens is 220 g/mol. The van der Waals surface area contributed by atoms with Crippen LogP contribution in [0.15, 0.2) is 12.4 Å². The van der Waals surface area contributed by atoms with E-state index in [4.69, 9.17) is 5.11 Å². The van der Waals surface area contributed by atoms with Crippen molar-refractivity contribution < 1.29 is 9.90 Å². The number of nitrogens with zero attached hydrogens (tertiary/aromatic N) is 3. The Bertz CT molecular complexity index is 410. The van der Waals surface area contributed by atoms with Crippen LogP contribution in [0.2, 0.25) is 0 Å². The highest BCUT2D eigenvalue weighted by Gasteiger charge is 2.27. The van der Waals surface area contributed by atoms with Crippen LogP contribution in [0.25, 0.3) is 0 Å². The van der Waals surface area contributed by atoms with Gasteiger partial charge in [0.25, 0.3) is 5.91 Å². The lowest BCUT2D eigenvalue weighted by Crippen LogP contribution is -2.30. The monoisotopic (exact) mass is 236 g/mol. The van der Waals surface area contributed by atoms with Crippen molar-refractivity contribution in [3.63, 3.8) is 0 Å². The van der Waals surface area contributed by atoms with E-state index in [1.54, 1.807) is 18.1 Å². The van der Waals surface area contributed by atoms with Crippen LogP contribution >= 0.6 is 0 Å². The average molecular weight is 236 g/mol. The van der Waals surface area contributed by atoms with E-state index < -0.39 is 0 Å². The molecule has 0 radical (unpaired) electrons. The summed E-state index contributed by atoms with van der Waals surface area (Å²) in [7, 11) is 1.73. The number of carbonyl (C=O) groups is 1. The number of nitrogens with one attached hydrogen (secondary N) is 1. The van der Waals surface area contributed by atoms with Crippen LogP contribution in [0.3, 0.4) is 0 Å². The van der Waals surface area contributed by atoms with Crippen molar-refractivity contribution in [1.29, 1.82) is 0 Å². The van der Waals surface area contributed by atoms with Gasteiger partial charge >= 0.3 is 0 Å². The Labute approximate surface area is 99.7 Å². The molecule has 1 amide bonds. The van der Waals surface area contributed by atoms with Gasteiger partial charge in [0.15, 0.2) is 0 Å². The molecule has 2 rings (SSSR count). The molecule has 2 N–H and O–H groups in total. The molecule has 0 bridgehead atoms. The van der Waals surface area contributed by atoms with E-state index in [0.717, 1.165) is 6.42 Å². The van der Waals surface area contributed by atoms with Crippen molar-refractivity contribution in [3.8, 4) is 0 Å². The largest absolute Gasteiger partial charge is 0.396 e. The van der Waals surface area contributed by atoms with Gasteiger partial charge in [0, 0.05) is 32.7 Å². The molecule has 1 fully saturated rings. The summed E-state index contributed by atoms with van der Waals surface area (Å²) in [5.41, 5.74) is 0.343. The first-order chi connectivity index (χ1) is 8.24. The molecule has 1 aliphatic heterocycles. The highest BCUT2D eigenvalue weighted by molar-refractivity contribution is 5.92.